The molecule has 2 atom stereocenters. The van der Waals surface area contributed by atoms with Crippen LogP contribution in [0.2, 0.25) is 0 Å². The third-order valence-corrected chi connectivity index (χ3v) is 4.56. The van der Waals surface area contributed by atoms with E-state index < -0.39 is 0 Å². The van der Waals surface area contributed by atoms with Crippen LogP contribution in [0, 0.1) is 23.2 Å². The molecule has 120 valence electrons. The maximum atomic E-state index is 12.4. The highest BCUT2D eigenvalue weighted by molar-refractivity contribution is 6.00. The lowest BCUT2D eigenvalue weighted by Crippen LogP contribution is -2.48. The first-order chi connectivity index (χ1) is 11.1. The molecule has 2 amide bonds. The van der Waals surface area contributed by atoms with Crippen molar-refractivity contribution in [2.75, 3.05) is 38.5 Å². The van der Waals surface area contributed by atoms with Gasteiger partial charge in [0.15, 0.2) is 0 Å². The monoisotopic (exact) mass is 312 g/mol. The van der Waals surface area contributed by atoms with Crippen LogP contribution in [0.25, 0.3) is 0 Å². The molecule has 1 aromatic carbocycles. The summed E-state index contributed by atoms with van der Waals surface area (Å²) < 4.78 is 0. The van der Waals surface area contributed by atoms with Crippen molar-refractivity contribution in [1.29, 1.82) is 5.26 Å². The molecule has 0 spiro atoms. The topological polar surface area (TPSA) is 76.4 Å². The summed E-state index contributed by atoms with van der Waals surface area (Å²) >= 11 is 0. The van der Waals surface area contributed by atoms with Crippen molar-refractivity contribution in [3.63, 3.8) is 0 Å². The Morgan fingerprint density at radius 3 is 2.57 bits per heavy atom. The first-order valence-corrected chi connectivity index (χ1v) is 7.87. The van der Waals surface area contributed by atoms with Gasteiger partial charge in [0.05, 0.1) is 23.1 Å². The number of carbonyl (C=O) groups excluding carboxylic acids is 2. The number of anilines is 1. The fourth-order valence-electron chi connectivity index (χ4n) is 2.93. The average Bonchev–Trinajstić information content (AvgIpc) is 3.36. The lowest BCUT2D eigenvalue weighted by Gasteiger charge is -2.32. The van der Waals surface area contributed by atoms with E-state index in [4.69, 9.17) is 5.26 Å². The minimum Gasteiger partial charge on any atom is -0.340 e. The normalized spacial score (nSPS) is 23.9. The van der Waals surface area contributed by atoms with Gasteiger partial charge in [0, 0.05) is 26.2 Å². The maximum absolute atomic E-state index is 12.4. The van der Waals surface area contributed by atoms with Crippen LogP contribution < -0.4 is 5.32 Å². The first kappa shape index (κ1) is 15.5. The van der Waals surface area contributed by atoms with E-state index in [-0.39, 0.29) is 23.7 Å². The van der Waals surface area contributed by atoms with Crippen LogP contribution in [0.1, 0.15) is 12.0 Å². The molecule has 1 aliphatic heterocycles. The third kappa shape index (κ3) is 3.35. The fourth-order valence-corrected chi connectivity index (χ4v) is 2.93. The summed E-state index contributed by atoms with van der Waals surface area (Å²) in [6, 6.07) is 8.95. The number of likely N-dealkylation sites (N-methyl/N-ethyl adjacent to an activating group) is 1. The second-order valence-electron chi connectivity index (χ2n) is 6.22. The second-order valence-corrected chi connectivity index (χ2v) is 6.22. The molecule has 2 fully saturated rings. The number of hydrogen-bond donors (Lipinski definition) is 1. The molecule has 1 saturated carbocycles. The van der Waals surface area contributed by atoms with Crippen molar-refractivity contribution < 1.29 is 9.59 Å². The molecule has 2 aliphatic rings. The number of hydrogen-bond acceptors (Lipinski definition) is 4. The number of carbonyl (C=O) groups is 2. The number of nitriles is 1. The van der Waals surface area contributed by atoms with Gasteiger partial charge in [-0.15, -0.1) is 0 Å². The summed E-state index contributed by atoms with van der Waals surface area (Å²) in [5.41, 5.74) is 0.946. The van der Waals surface area contributed by atoms with E-state index in [1.54, 1.807) is 24.3 Å². The summed E-state index contributed by atoms with van der Waals surface area (Å²) in [6.45, 7) is 3.23. The lowest BCUT2D eigenvalue weighted by molar-refractivity contribution is -0.135. The van der Waals surface area contributed by atoms with Crippen LogP contribution in [0.4, 0.5) is 5.69 Å². The molecule has 1 aromatic rings. The van der Waals surface area contributed by atoms with Gasteiger partial charge in [-0.2, -0.15) is 5.26 Å². The van der Waals surface area contributed by atoms with Gasteiger partial charge in [-0.05, 0) is 25.6 Å². The Kier molecular flexibility index (Phi) is 4.30. The average molecular weight is 312 g/mol. The predicted octanol–water partition coefficient (Wildman–Crippen LogP) is 0.907. The van der Waals surface area contributed by atoms with Crippen LogP contribution in [-0.2, 0) is 9.59 Å². The number of para-hydroxylation sites is 1. The molecule has 1 heterocycles. The van der Waals surface area contributed by atoms with Gasteiger partial charge < -0.3 is 15.1 Å². The van der Waals surface area contributed by atoms with Crippen molar-refractivity contribution in [2.24, 2.45) is 11.8 Å². The summed E-state index contributed by atoms with van der Waals surface area (Å²) in [6.07, 6.45) is 0.603. The van der Waals surface area contributed by atoms with E-state index in [9.17, 15) is 9.59 Å². The molecule has 1 N–H and O–H groups in total. The molecule has 1 saturated heterocycles. The van der Waals surface area contributed by atoms with Gasteiger partial charge in [0.2, 0.25) is 11.8 Å². The molecule has 6 nitrogen and oxygen atoms in total. The summed E-state index contributed by atoms with van der Waals surface area (Å²) in [7, 11) is 2.04. The zero-order valence-electron chi connectivity index (χ0n) is 13.2. The Hall–Kier alpha value is -2.39. The number of rotatable bonds is 3. The largest absolute Gasteiger partial charge is 0.340 e. The van der Waals surface area contributed by atoms with Gasteiger partial charge in [0.25, 0.3) is 0 Å². The summed E-state index contributed by atoms with van der Waals surface area (Å²) in [5, 5.41) is 11.8. The van der Waals surface area contributed by atoms with Gasteiger partial charge in [-0.1, -0.05) is 12.1 Å². The van der Waals surface area contributed by atoms with Gasteiger partial charge in [-0.3, -0.25) is 9.59 Å². The Morgan fingerprint density at radius 1 is 1.17 bits per heavy atom. The van der Waals surface area contributed by atoms with E-state index >= 15 is 0 Å². The molecule has 0 bridgehead atoms. The number of nitrogens with zero attached hydrogens (tertiary/aromatic N) is 3. The van der Waals surface area contributed by atoms with Crippen LogP contribution >= 0.6 is 0 Å². The number of benzene rings is 1. The zero-order chi connectivity index (χ0) is 16.4. The van der Waals surface area contributed by atoms with E-state index in [2.05, 4.69) is 16.3 Å². The molecular weight excluding hydrogens is 292 g/mol. The molecule has 3 rings (SSSR count). The maximum Gasteiger partial charge on any atom is 0.228 e. The molecular formula is C17H20N4O2. The lowest BCUT2D eigenvalue weighted by atomic mass is 10.2. The van der Waals surface area contributed by atoms with E-state index in [1.807, 2.05) is 11.9 Å². The Labute approximate surface area is 135 Å². The quantitative estimate of drug-likeness (QED) is 0.900. The van der Waals surface area contributed by atoms with Gasteiger partial charge in [-0.25, -0.2) is 0 Å². The minimum absolute atomic E-state index is 0.0896. The minimum atomic E-state index is -0.270. The van der Waals surface area contributed by atoms with Crippen molar-refractivity contribution in [1.82, 2.24) is 9.80 Å². The van der Waals surface area contributed by atoms with Crippen molar-refractivity contribution >= 4 is 17.5 Å². The van der Waals surface area contributed by atoms with Crippen LogP contribution in [0.3, 0.4) is 0 Å². The predicted molar refractivity (Wildman–Crippen MR) is 85.5 cm³/mol. The SMILES string of the molecule is CN1CCN(C(=O)C2CC2C(=O)Nc2ccccc2C#N)CC1. The van der Waals surface area contributed by atoms with Gasteiger partial charge >= 0.3 is 0 Å². The van der Waals surface area contributed by atoms with Crippen LogP contribution in [0.5, 0.6) is 0 Å². The highest BCUT2D eigenvalue weighted by Gasteiger charge is 2.49. The molecule has 0 radical (unpaired) electrons. The highest BCUT2D eigenvalue weighted by Crippen LogP contribution is 2.41. The third-order valence-electron chi connectivity index (χ3n) is 4.56. The van der Waals surface area contributed by atoms with Crippen molar-refractivity contribution in [3.05, 3.63) is 29.8 Å². The smallest absolute Gasteiger partial charge is 0.228 e. The molecule has 2 unspecified atom stereocenters. The number of nitrogens with one attached hydrogen (secondary N) is 1. The number of piperazine rings is 1. The Balaban J connectivity index is 1.57. The first-order valence-electron chi connectivity index (χ1n) is 7.87. The molecule has 6 heteroatoms. The van der Waals surface area contributed by atoms with Crippen molar-refractivity contribution in [2.45, 2.75) is 6.42 Å². The van der Waals surface area contributed by atoms with E-state index in [0.717, 1.165) is 26.2 Å². The second kappa shape index (κ2) is 6.39. The summed E-state index contributed by atoms with van der Waals surface area (Å²) in [4.78, 5) is 28.8. The molecule has 23 heavy (non-hydrogen) atoms. The van der Waals surface area contributed by atoms with Crippen LogP contribution in [0.15, 0.2) is 24.3 Å². The Morgan fingerprint density at radius 2 is 1.87 bits per heavy atom. The van der Waals surface area contributed by atoms with E-state index in [1.165, 1.54) is 0 Å². The van der Waals surface area contributed by atoms with Crippen LogP contribution in [-0.4, -0.2) is 54.8 Å². The Bertz CT molecular complexity index is 659. The molecule has 1 aliphatic carbocycles. The summed E-state index contributed by atoms with van der Waals surface area (Å²) in [5.74, 6) is -0.548. The highest BCUT2D eigenvalue weighted by atomic mass is 16.2. The fraction of sp³-hybridized carbons (Fsp3) is 0.471. The van der Waals surface area contributed by atoms with Crippen molar-refractivity contribution in [3.8, 4) is 6.07 Å². The molecule has 0 aromatic heterocycles. The standard InChI is InChI=1S/C17H20N4O2/c1-20-6-8-21(9-7-20)17(23)14-10-13(14)16(22)19-15-5-3-2-4-12(15)11-18/h2-5,13-14H,6-10H2,1H3,(H,19,22). The zero-order valence-corrected chi connectivity index (χ0v) is 13.2. The van der Waals surface area contributed by atoms with Gasteiger partial charge in [0.1, 0.15) is 6.07 Å². The van der Waals surface area contributed by atoms with E-state index in [0.29, 0.717) is 17.7 Å². The number of amides is 2.